The van der Waals surface area contributed by atoms with E-state index in [9.17, 15) is 0 Å². The molecular formula is C32H20BrN3. The van der Waals surface area contributed by atoms with Gasteiger partial charge in [0, 0.05) is 20.8 Å². The molecule has 0 spiro atoms. The molecule has 0 saturated carbocycles. The average molecular weight is 526 g/mol. The fourth-order valence-corrected chi connectivity index (χ4v) is 5.26. The van der Waals surface area contributed by atoms with Gasteiger partial charge in [0.05, 0.1) is 5.52 Å². The van der Waals surface area contributed by atoms with Gasteiger partial charge in [0.2, 0.25) is 0 Å². The Balaban J connectivity index is 1.44. The van der Waals surface area contributed by atoms with Crippen LogP contribution in [0.4, 0.5) is 0 Å². The van der Waals surface area contributed by atoms with E-state index in [0.29, 0.717) is 0 Å². The maximum absolute atomic E-state index is 4.62. The highest BCUT2D eigenvalue weighted by atomic mass is 79.9. The van der Waals surface area contributed by atoms with Crippen molar-refractivity contribution >= 4 is 43.3 Å². The molecule has 7 aromatic rings. The van der Waals surface area contributed by atoms with Gasteiger partial charge in [-0.1, -0.05) is 113 Å². The Hall–Kier alpha value is -4.28. The summed E-state index contributed by atoms with van der Waals surface area (Å²) in [7, 11) is 0. The van der Waals surface area contributed by atoms with Crippen LogP contribution < -0.4 is 0 Å². The Morgan fingerprint density at radius 3 is 1.81 bits per heavy atom. The first-order chi connectivity index (χ1) is 17.8. The SMILES string of the molecule is Brc1ccc(-c2nnc3c4ccccc4c4cc(-c5ccc(-c6ccccc6)cc5)ccc4n23)cc1. The number of nitrogens with zero attached hydrogens (tertiary/aromatic N) is 3. The monoisotopic (exact) mass is 525 g/mol. The number of hydrogen-bond donors (Lipinski definition) is 0. The summed E-state index contributed by atoms with van der Waals surface area (Å²) < 4.78 is 3.22. The average Bonchev–Trinajstić information content (AvgIpc) is 3.40. The van der Waals surface area contributed by atoms with Crippen molar-refractivity contribution in [2.45, 2.75) is 0 Å². The minimum atomic E-state index is 0.841. The molecule has 3 nitrogen and oxygen atoms in total. The summed E-state index contributed by atoms with van der Waals surface area (Å²) in [6.07, 6.45) is 0. The molecule has 0 saturated heterocycles. The van der Waals surface area contributed by atoms with Crippen molar-refractivity contribution in [2.24, 2.45) is 0 Å². The minimum absolute atomic E-state index is 0.841. The largest absolute Gasteiger partial charge is 0.274 e. The third kappa shape index (κ3) is 3.42. The maximum atomic E-state index is 4.62. The van der Waals surface area contributed by atoms with Gasteiger partial charge in [-0.15, -0.1) is 10.2 Å². The summed E-state index contributed by atoms with van der Waals surface area (Å²) in [6, 6.07) is 42.6. The fourth-order valence-electron chi connectivity index (χ4n) is 5.00. The van der Waals surface area contributed by atoms with Crippen LogP contribution in [-0.2, 0) is 0 Å². The van der Waals surface area contributed by atoms with E-state index in [1.54, 1.807) is 0 Å². The zero-order chi connectivity index (χ0) is 24.1. The molecule has 0 aliphatic rings. The van der Waals surface area contributed by atoms with E-state index in [1.165, 1.54) is 33.0 Å². The summed E-state index contributed by atoms with van der Waals surface area (Å²) in [5, 5.41) is 12.7. The van der Waals surface area contributed by atoms with E-state index >= 15 is 0 Å². The van der Waals surface area contributed by atoms with Gasteiger partial charge in [-0.25, -0.2) is 0 Å². The van der Waals surface area contributed by atoms with Gasteiger partial charge < -0.3 is 0 Å². The van der Waals surface area contributed by atoms with Crippen LogP contribution in [0.25, 0.3) is 61.0 Å². The number of pyridine rings is 1. The molecule has 7 rings (SSSR count). The van der Waals surface area contributed by atoms with Crippen LogP contribution in [0.1, 0.15) is 0 Å². The van der Waals surface area contributed by atoms with Crippen LogP contribution in [0.3, 0.4) is 0 Å². The van der Waals surface area contributed by atoms with E-state index in [-0.39, 0.29) is 0 Å². The number of halogens is 1. The number of hydrogen-bond acceptors (Lipinski definition) is 2. The van der Waals surface area contributed by atoms with Gasteiger partial charge >= 0.3 is 0 Å². The second kappa shape index (κ2) is 8.43. The first-order valence-corrected chi connectivity index (χ1v) is 12.7. The molecular weight excluding hydrogens is 506 g/mol. The van der Waals surface area contributed by atoms with Crippen molar-refractivity contribution in [1.82, 2.24) is 14.6 Å². The first kappa shape index (κ1) is 21.0. The molecule has 0 radical (unpaired) electrons. The number of aromatic nitrogens is 3. The van der Waals surface area contributed by atoms with Gasteiger partial charge in [-0.05, 0) is 51.9 Å². The highest BCUT2D eigenvalue weighted by Crippen LogP contribution is 2.35. The van der Waals surface area contributed by atoms with E-state index in [4.69, 9.17) is 0 Å². The second-order valence-corrected chi connectivity index (χ2v) is 9.83. The minimum Gasteiger partial charge on any atom is -0.274 e. The Labute approximate surface area is 216 Å². The van der Waals surface area contributed by atoms with Gasteiger partial charge in [0.15, 0.2) is 11.5 Å². The molecule has 0 N–H and O–H groups in total. The van der Waals surface area contributed by atoms with Crippen LogP contribution in [-0.4, -0.2) is 14.6 Å². The third-order valence-electron chi connectivity index (χ3n) is 6.79. The second-order valence-electron chi connectivity index (χ2n) is 8.91. The van der Waals surface area contributed by atoms with Crippen LogP contribution in [0, 0.1) is 0 Å². The molecule has 0 aliphatic heterocycles. The molecule has 4 heteroatoms. The van der Waals surface area contributed by atoms with Gasteiger partial charge in [-0.2, -0.15) is 0 Å². The maximum Gasteiger partial charge on any atom is 0.169 e. The molecule has 2 aromatic heterocycles. The Morgan fingerprint density at radius 1 is 0.472 bits per heavy atom. The van der Waals surface area contributed by atoms with E-state index in [1.807, 2.05) is 18.2 Å². The van der Waals surface area contributed by atoms with Crippen molar-refractivity contribution < 1.29 is 0 Å². The standard InChI is InChI=1S/C32H20BrN3/c33-26-17-14-24(15-18-26)31-34-35-32-28-9-5-4-8-27(28)29-20-25(16-19-30(29)36(31)32)23-12-10-22(11-13-23)21-6-2-1-3-7-21/h1-20H. The van der Waals surface area contributed by atoms with Crippen molar-refractivity contribution in [2.75, 3.05) is 0 Å². The van der Waals surface area contributed by atoms with E-state index in [0.717, 1.165) is 32.4 Å². The number of fused-ring (bicyclic) bond motifs is 6. The Kier molecular flexibility index (Phi) is 4.93. The molecule has 2 heterocycles. The van der Waals surface area contributed by atoms with Crippen LogP contribution in [0.5, 0.6) is 0 Å². The summed E-state index contributed by atoms with van der Waals surface area (Å²) >= 11 is 3.54. The molecule has 5 aromatic carbocycles. The highest BCUT2D eigenvalue weighted by molar-refractivity contribution is 9.10. The molecule has 0 amide bonds. The predicted molar refractivity (Wildman–Crippen MR) is 152 cm³/mol. The number of benzene rings is 5. The van der Waals surface area contributed by atoms with Crippen molar-refractivity contribution in [3.8, 4) is 33.6 Å². The smallest absolute Gasteiger partial charge is 0.169 e. The molecule has 0 aliphatic carbocycles. The Bertz CT molecular complexity index is 1870. The molecule has 0 unspecified atom stereocenters. The Morgan fingerprint density at radius 2 is 1.06 bits per heavy atom. The van der Waals surface area contributed by atoms with Crippen LogP contribution in [0.15, 0.2) is 126 Å². The van der Waals surface area contributed by atoms with Crippen LogP contribution in [0.2, 0.25) is 0 Å². The van der Waals surface area contributed by atoms with Crippen molar-refractivity contribution in [1.29, 1.82) is 0 Å². The zero-order valence-corrected chi connectivity index (χ0v) is 20.9. The lowest BCUT2D eigenvalue weighted by Gasteiger charge is -2.12. The summed E-state index contributed by atoms with van der Waals surface area (Å²) in [5.74, 6) is 0.841. The molecule has 0 fully saturated rings. The van der Waals surface area contributed by atoms with E-state index in [2.05, 4.69) is 134 Å². The topological polar surface area (TPSA) is 30.2 Å². The predicted octanol–water partition coefficient (Wildman–Crippen LogP) is 8.80. The molecule has 170 valence electrons. The lowest BCUT2D eigenvalue weighted by molar-refractivity contribution is 1.12. The molecule has 0 bridgehead atoms. The van der Waals surface area contributed by atoms with E-state index < -0.39 is 0 Å². The molecule has 0 atom stereocenters. The lowest BCUT2D eigenvalue weighted by Crippen LogP contribution is -1.95. The highest BCUT2D eigenvalue weighted by Gasteiger charge is 2.16. The van der Waals surface area contributed by atoms with Crippen molar-refractivity contribution in [3.05, 3.63) is 126 Å². The van der Waals surface area contributed by atoms with Crippen LogP contribution >= 0.6 is 15.9 Å². The van der Waals surface area contributed by atoms with Gasteiger partial charge in [0.1, 0.15) is 0 Å². The lowest BCUT2D eigenvalue weighted by atomic mass is 9.97. The fraction of sp³-hybridized carbons (Fsp3) is 0. The van der Waals surface area contributed by atoms with Gasteiger partial charge in [0.25, 0.3) is 0 Å². The summed E-state index contributed by atoms with van der Waals surface area (Å²) in [4.78, 5) is 0. The first-order valence-electron chi connectivity index (χ1n) is 11.9. The quantitative estimate of drug-likeness (QED) is 0.216. The third-order valence-corrected chi connectivity index (χ3v) is 7.32. The van der Waals surface area contributed by atoms with Gasteiger partial charge in [-0.3, -0.25) is 4.40 Å². The zero-order valence-electron chi connectivity index (χ0n) is 19.3. The summed E-state index contributed by atoms with van der Waals surface area (Å²) in [5.41, 5.74) is 7.82. The normalized spacial score (nSPS) is 11.5. The summed E-state index contributed by atoms with van der Waals surface area (Å²) in [6.45, 7) is 0. The molecule has 36 heavy (non-hydrogen) atoms. The number of rotatable bonds is 3. The van der Waals surface area contributed by atoms with Crippen molar-refractivity contribution in [3.63, 3.8) is 0 Å².